The molecule has 2 fully saturated rings. The van der Waals surface area contributed by atoms with E-state index in [1.807, 2.05) is 18.2 Å². The summed E-state index contributed by atoms with van der Waals surface area (Å²) in [5, 5.41) is 13.7. The number of hydrogen-bond acceptors (Lipinski definition) is 2. The van der Waals surface area contributed by atoms with Crippen molar-refractivity contribution in [3.05, 3.63) is 34.9 Å². The van der Waals surface area contributed by atoms with Gasteiger partial charge in [0.15, 0.2) is 0 Å². The first kappa shape index (κ1) is 14.9. The Balaban J connectivity index is 1.68. The lowest BCUT2D eigenvalue weighted by Gasteiger charge is -2.43. The van der Waals surface area contributed by atoms with Gasteiger partial charge in [0, 0.05) is 17.0 Å². The number of aliphatic hydroxyl groups is 1. The molecule has 0 aliphatic heterocycles. The fourth-order valence-corrected chi connectivity index (χ4v) is 4.01. The largest absolute Gasteiger partial charge is 0.392 e. The molecule has 0 aromatic heterocycles. The van der Waals surface area contributed by atoms with Crippen LogP contribution in [-0.2, 0) is 10.2 Å². The lowest BCUT2D eigenvalue weighted by atomic mass is 9.64. The molecule has 2 unspecified atom stereocenters. The molecule has 3 rings (SSSR count). The zero-order valence-electron chi connectivity index (χ0n) is 12.1. The molecule has 2 N–H and O–H groups in total. The monoisotopic (exact) mass is 307 g/mol. The summed E-state index contributed by atoms with van der Waals surface area (Å²) < 4.78 is 0. The predicted molar refractivity (Wildman–Crippen MR) is 83.3 cm³/mol. The lowest BCUT2D eigenvalue weighted by molar-refractivity contribution is -0.128. The average molecular weight is 308 g/mol. The first-order chi connectivity index (χ1) is 10.1. The summed E-state index contributed by atoms with van der Waals surface area (Å²) in [5.74, 6) is -0.230. The predicted octanol–water partition coefficient (Wildman–Crippen LogP) is 3.04. The first-order valence-electron chi connectivity index (χ1n) is 7.83. The second kappa shape index (κ2) is 5.98. The Bertz CT molecular complexity index is 527. The van der Waals surface area contributed by atoms with Gasteiger partial charge in [0.2, 0.25) is 5.91 Å². The van der Waals surface area contributed by atoms with Gasteiger partial charge in [-0.25, -0.2) is 0 Å². The van der Waals surface area contributed by atoms with Gasteiger partial charge in [0.05, 0.1) is 12.0 Å². The van der Waals surface area contributed by atoms with Crippen LogP contribution in [0.15, 0.2) is 24.3 Å². The maximum absolute atomic E-state index is 12.3. The van der Waals surface area contributed by atoms with Crippen molar-refractivity contribution in [1.82, 2.24) is 5.32 Å². The van der Waals surface area contributed by atoms with E-state index in [1.165, 1.54) is 6.42 Å². The minimum Gasteiger partial charge on any atom is -0.392 e. The van der Waals surface area contributed by atoms with Gasteiger partial charge in [-0.2, -0.15) is 0 Å². The maximum Gasteiger partial charge on any atom is 0.225 e. The molecule has 1 amide bonds. The van der Waals surface area contributed by atoms with Crippen LogP contribution in [0.3, 0.4) is 0 Å². The number of halogens is 1. The number of hydrogen-bond donors (Lipinski definition) is 2. The number of nitrogens with one attached hydrogen (secondary N) is 1. The van der Waals surface area contributed by atoms with Gasteiger partial charge in [-0.05, 0) is 43.7 Å². The van der Waals surface area contributed by atoms with Crippen LogP contribution in [0.1, 0.15) is 44.1 Å². The standard InChI is InChI=1S/C17H22ClNO2/c18-14-7-2-1-6-13(14)17(9-4-10-17)11-19-16(21)12-5-3-8-15(12)20/h1-2,6-7,12,15,20H,3-5,8-11H2,(H,19,21). The van der Waals surface area contributed by atoms with Crippen molar-refractivity contribution in [2.75, 3.05) is 6.54 Å². The number of rotatable bonds is 4. The molecule has 0 radical (unpaired) electrons. The summed E-state index contributed by atoms with van der Waals surface area (Å²) in [7, 11) is 0. The van der Waals surface area contributed by atoms with Crippen molar-refractivity contribution in [1.29, 1.82) is 0 Å². The summed E-state index contributed by atoms with van der Waals surface area (Å²) in [6, 6.07) is 7.92. The number of carbonyl (C=O) groups is 1. The van der Waals surface area contributed by atoms with Crippen molar-refractivity contribution in [2.24, 2.45) is 5.92 Å². The second-order valence-electron chi connectivity index (χ2n) is 6.44. The van der Waals surface area contributed by atoms with Crippen LogP contribution in [0.2, 0.25) is 5.02 Å². The van der Waals surface area contributed by atoms with Crippen LogP contribution >= 0.6 is 11.6 Å². The van der Waals surface area contributed by atoms with Gasteiger partial charge in [-0.15, -0.1) is 0 Å². The molecule has 1 aromatic carbocycles. The van der Waals surface area contributed by atoms with Crippen molar-refractivity contribution >= 4 is 17.5 Å². The molecule has 2 saturated carbocycles. The number of amides is 1. The van der Waals surface area contributed by atoms with Crippen LogP contribution in [0, 0.1) is 5.92 Å². The highest BCUT2D eigenvalue weighted by Gasteiger charge is 2.41. The Kier molecular flexibility index (Phi) is 4.23. The fraction of sp³-hybridized carbons (Fsp3) is 0.588. The van der Waals surface area contributed by atoms with Gasteiger partial charge in [-0.1, -0.05) is 36.2 Å². The molecular weight excluding hydrogens is 286 g/mol. The molecule has 2 aliphatic rings. The van der Waals surface area contributed by atoms with E-state index in [-0.39, 0.29) is 17.2 Å². The Hall–Kier alpha value is -1.06. The van der Waals surface area contributed by atoms with Gasteiger partial charge in [-0.3, -0.25) is 4.79 Å². The third kappa shape index (κ3) is 2.82. The molecule has 21 heavy (non-hydrogen) atoms. The van der Waals surface area contributed by atoms with Crippen molar-refractivity contribution in [3.63, 3.8) is 0 Å². The zero-order chi connectivity index (χ0) is 14.9. The normalized spacial score (nSPS) is 27.1. The molecule has 1 aromatic rings. The van der Waals surface area contributed by atoms with Gasteiger partial charge in [0.1, 0.15) is 0 Å². The van der Waals surface area contributed by atoms with E-state index in [1.54, 1.807) is 0 Å². The van der Waals surface area contributed by atoms with Crippen LogP contribution in [0.25, 0.3) is 0 Å². The van der Waals surface area contributed by atoms with E-state index in [0.29, 0.717) is 6.54 Å². The zero-order valence-corrected chi connectivity index (χ0v) is 12.9. The number of aliphatic hydroxyl groups excluding tert-OH is 1. The van der Waals surface area contributed by atoms with Crippen LogP contribution in [0.4, 0.5) is 0 Å². The van der Waals surface area contributed by atoms with E-state index >= 15 is 0 Å². The highest BCUT2D eigenvalue weighted by Crippen LogP contribution is 2.45. The molecule has 0 saturated heterocycles. The van der Waals surface area contributed by atoms with E-state index < -0.39 is 6.10 Å². The maximum atomic E-state index is 12.3. The number of benzene rings is 1. The Morgan fingerprint density at radius 1 is 1.29 bits per heavy atom. The molecule has 2 aliphatic carbocycles. The summed E-state index contributed by atoms with van der Waals surface area (Å²) in [5.41, 5.74) is 1.13. The molecule has 114 valence electrons. The van der Waals surface area contributed by atoms with E-state index in [4.69, 9.17) is 11.6 Å². The smallest absolute Gasteiger partial charge is 0.225 e. The highest BCUT2D eigenvalue weighted by atomic mass is 35.5. The SMILES string of the molecule is O=C(NCC1(c2ccccc2Cl)CCC1)C1CCCC1O. The third-order valence-corrected chi connectivity index (χ3v) is 5.50. The quantitative estimate of drug-likeness (QED) is 0.898. The Morgan fingerprint density at radius 3 is 2.62 bits per heavy atom. The van der Waals surface area contributed by atoms with Crippen LogP contribution in [0.5, 0.6) is 0 Å². The summed E-state index contributed by atoms with van der Waals surface area (Å²) in [4.78, 5) is 12.3. The summed E-state index contributed by atoms with van der Waals surface area (Å²) >= 11 is 6.33. The van der Waals surface area contributed by atoms with Crippen molar-refractivity contribution < 1.29 is 9.90 Å². The molecule has 3 nitrogen and oxygen atoms in total. The second-order valence-corrected chi connectivity index (χ2v) is 6.84. The van der Waals surface area contributed by atoms with Gasteiger partial charge >= 0.3 is 0 Å². The Labute approximate surface area is 130 Å². The lowest BCUT2D eigenvalue weighted by Crippen LogP contribution is -2.47. The first-order valence-corrected chi connectivity index (χ1v) is 8.21. The topological polar surface area (TPSA) is 49.3 Å². The summed E-state index contributed by atoms with van der Waals surface area (Å²) in [6.07, 6.45) is 5.30. The highest BCUT2D eigenvalue weighted by molar-refractivity contribution is 6.31. The van der Waals surface area contributed by atoms with E-state index in [9.17, 15) is 9.90 Å². The molecule has 4 heteroatoms. The molecule has 0 heterocycles. The average Bonchev–Trinajstić information content (AvgIpc) is 2.85. The van der Waals surface area contributed by atoms with Crippen LogP contribution in [-0.4, -0.2) is 23.7 Å². The van der Waals surface area contributed by atoms with Crippen molar-refractivity contribution in [3.8, 4) is 0 Å². The van der Waals surface area contributed by atoms with Gasteiger partial charge < -0.3 is 10.4 Å². The fourth-order valence-electron chi connectivity index (χ4n) is 3.67. The van der Waals surface area contributed by atoms with E-state index in [0.717, 1.165) is 42.7 Å². The van der Waals surface area contributed by atoms with Crippen molar-refractivity contribution in [2.45, 2.75) is 50.0 Å². The summed E-state index contributed by atoms with van der Waals surface area (Å²) in [6.45, 7) is 0.624. The molecule has 0 spiro atoms. The molecular formula is C17H22ClNO2. The minimum atomic E-state index is -0.470. The molecule has 0 bridgehead atoms. The minimum absolute atomic E-state index is 0.00155. The third-order valence-electron chi connectivity index (χ3n) is 5.17. The number of carbonyl (C=O) groups excluding carboxylic acids is 1. The molecule has 2 atom stereocenters. The van der Waals surface area contributed by atoms with Crippen LogP contribution < -0.4 is 5.32 Å². The Morgan fingerprint density at radius 2 is 2.05 bits per heavy atom. The van der Waals surface area contributed by atoms with E-state index in [2.05, 4.69) is 11.4 Å². The van der Waals surface area contributed by atoms with Gasteiger partial charge in [0.25, 0.3) is 0 Å².